The maximum absolute atomic E-state index is 2.30. The number of para-hydroxylation sites is 1. The standard InChI is InChI=1S/C34H29N/c1-26-11-9-15-30(23-26)34(29-13-5-3-6-14-29)25-28-19-21-32(22-20-28)35(31-16-7-4-8-17-31)33-18-10-12-27(2)24-33/h3-25H,1-2H3. The first kappa shape index (κ1) is 22.4. The summed E-state index contributed by atoms with van der Waals surface area (Å²) in [5, 5.41) is 0. The molecule has 5 rings (SSSR count). The molecular weight excluding hydrogens is 422 g/mol. The SMILES string of the molecule is Cc1cccc(C(=Cc2ccc(N(c3ccccc3)c3cccc(C)c3)cc2)c2ccccc2)c1. The van der Waals surface area contributed by atoms with Crippen LogP contribution in [0.2, 0.25) is 0 Å². The van der Waals surface area contributed by atoms with E-state index in [0.717, 1.165) is 17.1 Å². The highest BCUT2D eigenvalue weighted by atomic mass is 15.1. The van der Waals surface area contributed by atoms with Gasteiger partial charge in [0.2, 0.25) is 0 Å². The summed E-state index contributed by atoms with van der Waals surface area (Å²) in [7, 11) is 0. The van der Waals surface area contributed by atoms with Crippen molar-refractivity contribution in [2.75, 3.05) is 4.90 Å². The first-order valence-electron chi connectivity index (χ1n) is 12.0. The van der Waals surface area contributed by atoms with Crippen LogP contribution in [0.15, 0.2) is 133 Å². The lowest BCUT2D eigenvalue weighted by Gasteiger charge is -2.26. The molecule has 1 nitrogen and oxygen atoms in total. The van der Waals surface area contributed by atoms with E-state index in [1.165, 1.54) is 33.4 Å². The fraction of sp³-hybridized carbons (Fsp3) is 0.0588. The molecule has 0 bridgehead atoms. The second-order valence-electron chi connectivity index (χ2n) is 8.90. The van der Waals surface area contributed by atoms with Gasteiger partial charge in [-0.1, -0.05) is 103 Å². The Morgan fingerprint density at radius 3 is 1.69 bits per heavy atom. The van der Waals surface area contributed by atoms with Gasteiger partial charge in [-0.3, -0.25) is 0 Å². The van der Waals surface area contributed by atoms with E-state index in [4.69, 9.17) is 0 Å². The zero-order valence-corrected chi connectivity index (χ0v) is 20.2. The molecule has 0 spiro atoms. The van der Waals surface area contributed by atoms with Crippen molar-refractivity contribution < 1.29 is 0 Å². The smallest absolute Gasteiger partial charge is 0.0464 e. The van der Waals surface area contributed by atoms with Crippen LogP contribution in [0.25, 0.3) is 11.6 Å². The molecular formula is C34H29N. The zero-order valence-electron chi connectivity index (χ0n) is 20.2. The minimum absolute atomic E-state index is 1.13. The van der Waals surface area contributed by atoms with Gasteiger partial charge in [0.15, 0.2) is 0 Å². The van der Waals surface area contributed by atoms with E-state index < -0.39 is 0 Å². The lowest BCUT2D eigenvalue weighted by atomic mass is 9.94. The van der Waals surface area contributed by atoms with Crippen LogP contribution in [0, 0.1) is 13.8 Å². The van der Waals surface area contributed by atoms with Crippen molar-refractivity contribution in [1.29, 1.82) is 0 Å². The molecule has 5 aromatic rings. The Kier molecular flexibility index (Phi) is 6.59. The molecule has 0 aliphatic heterocycles. The molecule has 0 unspecified atom stereocenters. The first-order valence-corrected chi connectivity index (χ1v) is 12.0. The average Bonchev–Trinajstić information content (AvgIpc) is 2.89. The van der Waals surface area contributed by atoms with Crippen molar-refractivity contribution in [1.82, 2.24) is 0 Å². The topological polar surface area (TPSA) is 3.24 Å². The van der Waals surface area contributed by atoms with Crippen LogP contribution in [0.5, 0.6) is 0 Å². The lowest BCUT2D eigenvalue weighted by molar-refractivity contribution is 1.27. The van der Waals surface area contributed by atoms with Gasteiger partial charge in [-0.2, -0.15) is 0 Å². The third-order valence-electron chi connectivity index (χ3n) is 6.15. The van der Waals surface area contributed by atoms with Gasteiger partial charge in [0.05, 0.1) is 0 Å². The Labute approximate surface area is 208 Å². The highest BCUT2D eigenvalue weighted by Gasteiger charge is 2.12. The number of hydrogen-bond donors (Lipinski definition) is 0. The normalized spacial score (nSPS) is 11.3. The molecule has 0 atom stereocenters. The van der Waals surface area contributed by atoms with Gasteiger partial charge in [0.25, 0.3) is 0 Å². The van der Waals surface area contributed by atoms with Gasteiger partial charge in [-0.05, 0) is 84.1 Å². The van der Waals surface area contributed by atoms with E-state index in [9.17, 15) is 0 Å². The monoisotopic (exact) mass is 451 g/mol. The van der Waals surface area contributed by atoms with E-state index in [2.05, 4.69) is 158 Å². The fourth-order valence-electron chi connectivity index (χ4n) is 4.44. The molecule has 0 aliphatic rings. The molecule has 0 saturated carbocycles. The van der Waals surface area contributed by atoms with Gasteiger partial charge in [-0.15, -0.1) is 0 Å². The van der Waals surface area contributed by atoms with Crippen molar-refractivity contribution in [2.45, 2.75) is 13.8 Å². The fourth-order valence-corrected chi connectivity index (χ4v) is 4.44. The highest BCUT2D eigenvalue weighted by molar-refractivity contribution is 5.92. The number of rotatable bonds is 6. The van der Waals surface area contributed by atoms with E-state index in [0.29, 0.717) is 0 Å². The minimum Gasteiger partial charge on any atom is -0.310 e. The molecule has 0 radical (unpaired) electrons. The maximum atomic E-state index is 2.30. The zero-order chi connectivity index (χ0) is 24.0. The second-order valence-corrected chi connectivity index (χ2v) is 8.90. The van der Waals surface area contributed by atoms with Crippen molar-refractivity contribution in [3.63, 3.8) is 0 Å². The molecule has 0 N–H and O–H groups in total. The molecule has 0 heterocycles. The molecule has 0 amide bonds. The summed E-state index contributed by atoms with van der Waals surface area (Å²) in [5.74, 6) is 0. The van der Waals surface area contributed by atoms with Crippen LogP contribution in [0.1, 0.15) is 27.8 Å². The predicted molar refractivity (Wildman–Crippen MR) is 150 cm³/mol. The van der Waals surface area contributed by atoms with Crippen LogP contribution in [0.4, 0.5) is 17.1 Å². The Bertz CT molecular complexity index is 1430. The Hall–Kier alpha value is -4.36. The molecule has 0 saturated heterocycles. The predicted octanol–water partition coefficient (Wildman–Crippen LogP) is 9.36. The molecule has 0 aliphatic carbocycles. The van der Waals surface area contributed by atoms with E-state index in [1.54, 1.807) is 0 Å². The number of nitrogens with zero attached hydrogens (tertiary/aromatic N) is 1. The van der Waals surface area contributed by atoms with Gasteiger partial charge >= 0.3 is 0 Å². The molecule has 1 heteroatoms. The summed E-state index contributed by atoms with van der Waals surface area (Å²) in [4.78, 5) is 2.30. The Morgan fingerprint density at radius 2 is 1.03 bits per heavy atom. The van der Waals surface area contributed by atoms with Gasteiger partial charge in [0.1, 0.15) is 0 Å². The van der Waals surface area contributed by atoms with Crippen molar-refractivity contribution >= 4 is 28.7 Å². The van der Waals surface area contributed by atoms with Crippen LogP contribution in [0.3, 0.4) is 0 Å². The lowest BCUT2D eigenvalue weighted by Crippen LogP contribution is -2.09. The summed E-state index contributed by atoms with van der Waals surface area (Å²) in [6.07, 6.45) is 2.29. The molecule has 5 aromatic carbocycles. The van der Waals surface area contributed by atoms with Gasteiger partial charge in [0, 0.05) is 17.1 Å². The number of aryl methyl sites for hydroxylation is 2. The largest absolute Gasteiger partial charge is 0.310 e. The van der Waals surface area contributed by atoms with Crippen LogP contribution >= 0.6 is 0 Å². The highest BCUT2D eigenvalue weighted by Crippen LogP contribution is 2.35. The van der Waals surface area contributed by atoms with Gasteiger partial charge in [-0.25, -0.2) is 0 Å². The number of hydrogen-bond acceptors (Lipinski definition) is 1. The van der Waals surface area contributed by atoms with Crippen LogP contribution in [-0.2, 0) is 0 Å². The average molecular weight is 452 g/mol. The number of benzene rings is 5. The van der Waals surface area contributed by atoms with Crippen molar-refractivity contribution in [3.8, 4) is 0 Å². The maximum Gasteiger partial charge on any atom is 0.0464 e. The van der Waals surface area contributed by atoms with E-state index in [1.807, 2.05) is 0 Å². The van der Waals surface area contributed by atoms with E-state index >= 15 is 0 Å². The summed E-state index contributed by atoms with van der Waals surface area (Å²) >= 11 is 0. The van der Waals surface area contributed by atoms with Crippen LogP contribution in [-0.4, -0.2) is 0 Å². The quantitative estimate of drug-likeness (QED) is 0.232. The second kappa shape index (κ2) is 10.3. The first-order chi connectivity index (χ1) is 17.2. The third kappa shape index (κ3) is 5.26. The molecule has 0 fully saturated rings. The Morgan fingerprint density at radius 1 is 0.486 bits per heavy atom. The third-order valence-corrected chi connectivity index (χ3v) is 6.15. The van der Waals surface area contributed by atoms with Crippen molar-refractivity contribution in [3.05, 3.63) is 161 Å². The summed E-state index contributed by atoms with van der Waals surface area (Å²) in [6.45, 7) is 4.28. The van der Waals surface area contributed by atoms with Gasteiger partial charge < -0.3 is 4.90 Å². The van der Waals surface area contributed by atoms with Crippen LogP contribution < -0.4 is 4.90 Å². The molecule has 0 aromatic heterocycles. The summed E-state index contributed by atoms with van der Waals surface area (Å²) < 4.78 is 0. The Balaban J connectivity index is 1.56. The molecule has 170 valence electrons. The molecule has 35 heavy (non-hydrogen) atoms. The summed E-state index contributed by atoms with van der Waals surface area (Å²) in [5.41, 5.74) is 10.8. The number of anilines is 3. The summed E-state index contributed by atoms with van der Waals surface area (Å²) in [6, 6.07) is 47.4. The minimum atomic E-state index is 1.13. The van der Waals surface area contributed by atoms with E-state index in [-0.39, 0.29) is 0 Å². The van der Waals surface area contributed by atoms with Crippen molar-refractivity contribution in [2.24, 2.45) is 0 Å².